The zero-order valence-corrected chi connectivity index (χ0v) is 20.4. The third kappa shape index (κ3) is 10.4. The van der Waals surface area contributed by atoms with Crippen molar-refractivity contribution in [3.8, 4) is 0 Å². The summed E-state index contributed by atoms with van der Waals surface area (Å²) in [7, 11) is 0. The van der Waals surface area contributed by atoms with E-state index in [2.05, 4.69) is 9.80 Å². The van der Waals surface area contributed by atoms with Crippen molar-refractivity contribution in [1.29, 1.82) is 0 Å². The van der Waals surface area contributed by atoms with Gasteiger partial charge in [0.2, 0.25) is 0 Å². The second-order valence-electron chi connectivity index (χ2n) is 10.1. The Bertz CT molecular complexity index is 611. The van der Waals surface area contributed by atoms with Gasteiger partial charge in [0.15, 0.2) is 0 Å². The Hall–Kier alpha value is -1.67. The maximum absolute atomic E-state index is 12.3. The largest absolute Gasteiger partial charge is 0.465 e. The minimum atomic E-state index is -0.716. The molecule has 2 aliphatic heterocycles. The monoisotopic (exact) mass is 466 g/mol. The maximum Gasteiger partial charge on any atom is 0.307 e. The molecule has 0 unspecified atom stereocenters. The van der Waals surface area contributed by atoms with Crippen LogP contribution < -0.4 is 0 Å². The molecule has 8 heteroatoms. The van der Waals surface area contributed by atoms with Crippen molar-refractivity contribution in [3.63, 3.8) is 0 Å². The van der Waals surface area contributed by atoms with Crippen LogP contribution in [0, 0.1) is 11.3 Å². The molecule has 1 saturated carbocycles. The Morgan fingerprint density at radius 3 is 1.64 bits per heavy atom. The van der Waals surface area contributed by atoms with Gasteiger partial charge in [-0.15, -0.1) is 0 Å². The summed E-state index contributed by atoms with van der Waals surface area (Å²) in [6.07, 6.45) is 8.76. The summed E-state index contributed by atoms with van der Waals surface area (Å²) >= 11 is 0. The van der Waals surface area contributed by atoms with Crippen molar-refractivity contribution in [2.24, 2.45) is 11.3 Å². The number of hydrogen-bond donors (Lipinski definition) is 0. The predicted octanol–water partition coefficient (Wildman–Crippen LogP) is 2.78. The molecule has 1 aliphatic carbocycles. The summed E-state index contributed by atoms with van der Waals surface area (Å²) in [5.41, 5.74) is -0.716. The van der Waals surface area contributed by atoms with E-state index in [-0.39, 0.29) is 37.7 Å². The molecule has 0 aromatic carbocycles. The maximum atomic E-state index is 12.3. The highest BCUT2D eigenvalue weighted by molar-refractivity contribution is 5.70. The lowest BCUT2D eigenvalue weighted by atomic mass is 9.82. The molecule has 0 atom stereocenters. The number of unbranched alkanes of at least 4 members (excludes halogenated alkanes) is 1. The van der Waals surface area contributed by atoms with Crippen molar-refractivity contribution in [2.45, 2.75) is 71.1 Å². The minimum Gasteiger partial charge on any atom is -0.465 e. The van der Waals surface area contributed by atoms with Crippen LogP contribution in [0.25, 0.3) is 0 Å². The molecule has 2 heterocycles. The average molecular weight is 467 g/mol. The number of ether oxygens (including phenoxy) is 3. The topological polar surface area (TPSA) is 84.9 Å². The lowest BCUT2D eigenvalue weighted by Crippen LogP contribution is -2.39. The van der Waals surface area contributed by atoms with Gasteiger partial charge in [-0.1, -0.05) is 39.0 Å². The van der Waals surface area contributed by atoms with Crippen LogP contribution in [0.3, 0.4) is 0 Å². The van der Waals surface area contributed by atoms with Gasteiger partial charge in [0.1, 0.15) is 19.8 Å². The number of hydrogen-bond acceptors (Lipinski definition) is 8. The van der Waals surface area contributed by atoms with Crippen LogP contribution in [0.5, 0.6) is 0 Å². The van der Waals surface area contributed by atoms with Crippen LogP contribution >= 0.6 is 0 Å². The molecule has 8 nitrogen and oxygen atoms in total. The number of carbonyl (C=O) groups excluding carboxylic acids is 3. The van der Waals surface area contributed by atoms with E-state index in [1.54, 1.807) is 0 Å². The van der Waals surface area contributed by atoms with E-state index >= 15 is 0 Å². The second kappa shape index (κ2) is 13.3. The van der Waals surface area contributed by atoms with E-state index in [1.807, 2.05) is 6.92 Å². The molecule has 0 aromatic rings. The molecule has 0 bridgehead atoms. The summed E-state index contributed by atoms with van der Waals surface area (Å²) in [5.74, 6) is 0.0820. The van der Waals surface area contributed by atoms with Gasteiger partial charge >= 0.3 is 17.9 Å². The number of rotatable bonds is 18. The number of carbonyl (C=O) groups is 3. The smallest absolute Gasteiger partial charge is 0.307 e. The van der Waals surface area contributed by atoms with Crippen LogP contribution in [0.1, 0.15) is 71.1 Å². The Morgan fingerprint density at radius 1 is 0.758 bits per heavy atom. The fourth-order valence-electron chi connectivity index (χ4n) is 3.92. The Kier molecular flexibility index (Phi) is 10.4. The number of esters is 3. The van der Waals surface area contributed by atoms with Gasteiger partial charge in [-0.05, 0) is 18.8 Å². The van der Waals surface area contributed by atoms with Crippen molar-refractivity contribution in [2.75, 3.05) is 59.1 Å². The van der Waals surface area contributed by atoms with Crippen LogP contribution in [-0.2, 0) is 28.6 Å². The first-order valence-electron chi connectivity index (χ1n) is 12.9. The minimum absolute atomic E-state index is 0.0801. The first kappa shape index (κ1) is 25.9. The van der Waals surface area contributed by atoms with E-state index < -0.39 is 5.41 Å². The van der Waals surface area contributed by atoms with E-state index in [0.717, 1.165) is 44.9 Å². The van der Waals surface area contributed by atoms with Gasteiger partial charge in [-0.25, -0.2) is 0 Å². The third-order valence-electron chi connectivity index (χ3n) is 7.18. The molecule has 3 rings (SSSR count). The van der Waals surface area contributed by atoms with Crippen molar-refractivity contribution in [3.05, 3.63) is 0 Å². The van der Waals surface area contributed by atoms with Crippen molar-refractivity contribution < 1.29 is 28.6 Å². The highest BCUT2D eigenvalue weighted by Gasteiger charge is 2.34. The Morgan fingerprint density at radius 2 is 1.24 bits per heavy atom. The summed E-state index contributed by atoms with van der Waals surface area (Å²) in [5, 5.41) is 0. The quantitative estimate of drug-likeness (QED) is 0.132. The van der Waals surface area contributed by atoms with Gasteiger partial charge in [0, 0.05) is 45.7 Å². The van der Waals surface area contributed by atoms with Gasteiger partial charge < -0.3 is 24.0 Å². The number of nitrogens with zero attached hydrogens (tertiary/aromatic N) is 2. The highest BCUT2D eigenvalue weighted by Crippen LogP contribution is 2.31. The molecule has 0 radical (unpaired) electrons. The van der Waals surface area contributed by atoms with Crippen molar-refractivity contribution >= 4 is 17.9 Å². The fraction of sp³-hybridized carbons (Fsp3) is 0.880. The lowest BCUT2D eigenvalue weighted by molar-refractivity contribution is -0.162. The van der Waals surface area contributed by atoms with E-state index in [1.165, 1.54) is 25.7 Å². The van der Waals surface area contributed by atoms with Crippen LogP contribution in [0.15, 0.2) is 0 Å². The zero-order chi connectivity index (χ0) is 23.5. The van der Waals surface area contributed by atoms with Gasteiger partial charge in [0.25, 0.3) is 0 Å². The molecule has 3 fully saturated rings. The molecule has 3 aliphatic rings. The van der Waals surface area contributed by atoms with E-state index in [0.29, 0.717) is 38.8 Å². The molecule has 0 amide bonds. The standard InChI is InChI=1S/C25H42N2O6/c1-2-25(19-32-23(29)10-12-26-14-15-26,20-33-24(30)11-13-27-16-17-27)18-31-22(28)9-4-3-6-21-7-5-8-21/h21H,2-20H2,1H3. The summed E-state index contributed by atoms with van der Waals surface area (Å²) in [4.78, 5) is 41.0. The van der Waals surface area contributed by atoms with Crippen LogP contribution in [0.2, 0.25) is 0 Å². The summed E-state index contributed by atoms with van der Waals surface area (Å²) in [6.45, 7) is 7.76. The second-order valence-corrected chi connectivity index (χ2v) is 10.1. The molecule has 33 heavy (non-hydrogen) atoms. The van der Waals surface area contributed by atoms with Crippen LogP contribution in [0.4, 0.5) is 0 Å². The third-order valence-corrected chi connectivity index (χ3v) is 7.18. The molecule has 2 saturated heterocycles. The molecular weight excluding hydrogens is 424 g/mol. The predicted molar refractivity (Wildman–Crippen MR) is 124 cm³/mol. The van der Waals surface area contributed by atoms with Crippen molar-refractivity contribution in [1.82, 2.24) is 9.80 Å². The average Bonchev–Trinajstić information content (AvgIpc) is 3.69. The molecular formula is C25H42N2O6. The first-order valence-corrected chi connectivity index (χ1v) is 12.9. The van der Waals surface area contributed by atoms with Gasteiger partial charge in [-0.3, -0.25) is 14.4 Å². The van der Waals surface area contributed by atoms with E-state index in [9.17, 15) is 14.4 Å². The lowest BCUT2D eigenvalue weighted by Gasteiger charge is -2.31. The fourth-order valence-corrected chi connectivity index (χ4v) is 3.92. The van der Waals surface area contributed by atoms with E-state index in [4.69, 9.17) is 14.2 Å². The van der Waals surface area contributed by atoms with Gasteiger partial charge in [-0.2, -0.15) is 0 Å². The Labute approximate surface area is 198 Å². The molecule has 0 aromatic heterocycles. The summed E-state index contributed by atoms with van der Waals surface area (Å²) in [6, 6.07) is 0. The molecule has 0 spiro atoms. The zero-order valence-electron chi connectivity index (χ0n) is 20.4. The SMILES string of the molecule is CCC(COC(=O)CCCCC1CCC1)(COC(=O)CCN1CC1)COC(=O)CCN1CC1. The molecule has 188 valence electrons. The molecule has 0 N–H and O–H groups in total. The summed E-state index contributed by atoms with van der Waals surface area (Å²) < 4.78 is 16.7. The normalized spacial score (nSPS) is 18.5. The Balaban J connectivity index is 1.41. The highest BCUT2D eigenvalue weighted by atomic mass is 16.6. The van der Waals surface area contributed by atoms with Gasteiger partial charge in [0.05, 0.1) is 18.3 Å². The van der Waals surface area contributed by atoms with Crippen LogP contribution in [-0.4, -0.2) is 86.8 Å². The first-order chi connectivity index (χ1) is 16.0.